The third-order valence-corrected chi connectivity index (χ3v) is 7.08. The summed E-state index contributed by atoms with van der Waals surface area (Å²) in [7, 11) is 1.14. The van der Waals surface area contributed by atoms with Gasteiger partial charge in [-0.05, 0) is 49.2 Å². The highest BCUT2D eigenvalue weighted by Gasteiger charge is 2.34. The Hall–Kier alpha value is -2.58. The molecule has 1 amide bonds. The molecule has 8 heteroatoms. The van der Waals surface area contributed by atoms with Crippen LogP contribution in [-0.4, -0.2) is 53.0 Å². The number of hydrogen-bond donors (Lipinski definition) is 0. The summed E-state index contributed by atoms with van der Waals surface area (Å²) in [6.07, 6.45) is 1.29. The standard InChI is InChI=1S/C21H26N2O5S/c1-22(17-7-4-8-19(14-17)28-3)21(24)16-6-5-13-23(15-16)29(25,26)20-11-9-18(27-2)10-12-20/h4,7-12,14,16H,5-6,13,15H2,1-3H3/t16-/m0/s1. The van der Waals surface area contributed by atoms with Gasteiger partial charge in [-0.25, -0.2) is 8.42 Å². The number of anilines is 1. The van der Waals surface area contributed by atoms with Crippen LogP contribution in [-0.2, 0) is 14.8 Å². The van der Waals surface area contributed by atoms with Crippen molar-refractivity contribution in [3.05, 3.63) is 48.5 Å². The molecule has 0 spiro atoms. The zero-order chi connectivity index (χ0) is 21.0. The van der Waals surface area contributed by atoms with Crippen molar-refractivity contribution >= 4 is 21.6 Å². The molecule has 0 aliphatic carbocycles. The van der Waals surface area contributed by atoms with Crippen molar-refractivity contribution in [2.75, 3.05) is 39.3 Å². The molecular weight excluding hydrogens is 392 g/mol. The summed E-state index contributed by atoms with van der Waals surface area (Å²) in [4.78, 5) is 14.8. The van der Waals surface area contributed by atoms with E-state index in [0.717, 1.165) is 0 Å². The molecule has 1 atom stereocenters. The van der Waals surface area contributed by atoms with E-state index in [9.17, 15) is 13.2 Å². The Labute approximate surface area is 171 Å². The number of carbonyl (C=O) groups is 1. The Morgan fingerprint density at radius 1 is 1.07 bits per heavy atom. The van der Waals surface area contributed by atoms with Gasteiger partial charge in [0.15, 0.2) is 0 Å². The van der Waals surface area contributed by atoms with Crippen LogP contribution in [0.25, 0.3) is 0 Å². The molecule has 2 aromatic rings. The average molecular weight is 419 g/mol. The number of hydrogen-bond acceptors (Lipinski definition) is 5. The zero-order valence-corrected chi connectivity index (χ0v) is 17.7. The highest BCUT2D eigenvalue weighted by molar-refractivity contribution is 7.89. The van der Waals surface area contributed by atoms with Crippen LogP contribution < -0.4 is 14.4 Å². The van der Waals surface area contributed by atoms with E-state index in [4.69, 9.17) is 9.47 Å². The number of carbonyl (C=O) groups excluding carboxylic acids is 1. The van der Waals surface area contributed by atoms with Gasteiger partial charge in [0.2, 0.25) is 15.9 Å². The second kappa shape index (κ2) is 8.84. The molecule has 1 fully saturated rings. The van der Waals surface area contributed by atoms with Crippen molar-refractivity contribution in [1.82, 2.24) is 4.31 Å². The van der Waals surface area contributed by atoms with E-state index >= 15 is 0 Å². The molecule has 29 heavy (non-hydrogen) atoms. The van der Waals surface area contributed by atoms with Gasteiger partial charge in [-0.15, -0.1) is 0 Å². The second-order valence-electron chi connectivity index (χ2n) is 6.98. The van der Waals surface area contributed by atoms with Crippen LogP contribution in [0.1, 0.15) is 12.8 Å². The summed E-state index contributed by atoms with van der Waals surface area (Å²) in [6.45, 7) is 0.572. The monoisotopic (exact) mass is 418 g/mol. The smallest absolute Gasteiger partial charge is 0.243 e. The lowest BCUT2D eigenvalue weighted by Gasteiger charge is -2.33. The number of piperidine rings is 1. The fourth-order valence-electron chi connectivity index (χ4n) is 3.48. The van der Waals surface area contributed by atoms with Crippen molar-refractivity contribution in [2.24, 2.45) is 5.92 Å². The minimum absolute atomic E-state index is 0.104. The van der Waals surface area contributed by atoms with Crippen molar-refractivity contribution in [1.29, 1.82) is 0 Å². The Kier molecular flexibility index (Phi) is 6.44. The van der Waals surface area contributed by atoms with Gasteiger partial charge in [-0.1, -0.05) is 6.07 Å². The van der Waals surface area contributed by atoms with Gasteiger partial charge in [0.1, 0.15) is 11.5 Å². The van der Waals surface area contributed by atoms with Crippen LogP contribution in [0.2, 0.25) is 0 Å². The van der Waals surface area contributed by atoms with Gasteiger partial charge in [0.05, 0.1) is 25.0 Å². The van der Waals surface area contributed by atoms with Crippen LogP contribution in [0.15, 0.2) is 53.4 Å². The van der Waals surface area contributed by atoms with E-state index in [1.54, 1.807) is 37.3 Å². The Balaban J connectivity index is 1.75. The number of sulfonamides is 1. The van der Waals surface area contributed by atoms with E-state index in [-0.39, 0.29) is 17.3 Å². The summed E-state index contributed by atoms with van der Waals surface area (Å²) in [6, 6.07) is 13.5. The average Bonchev–Trinajstić information content (AvgIpc) is 2.78. The number of nitrogens with zero attached hydrogens (tertiary/aromatic N) is 2. The predicted octanol–water partition coefficient (Wildman–Crippen LogP) is 2.77. The number of benzene rings is 2. The van der Waals surface area contributed by atoms with Gasteiger partial charge < -0.3 is 14.4 Å². The summed E-state index contributed by atoms with van der Waals surface area (Å²) in [5.74, 6) is 0.755. The molecule has 0 radical (unpaired) electrons. The molecule has 156 valence electrons. The molecule has 1 saturated heterocycles. The Bertz CT molecular complexity index is 959. The topological polar surface area (TPSA) is 76.2 Å². The fourth-order valence-corrected chi connectivity index (χ4v) is 5.00. The third kappa shape index (κ3) is 4.54. The van der Waals surface area contributed by atoms with E-state index in [2.05, 4.69) is 0 Å². The Morgan fingerprint density at radius 3 is 2.41 bits per heavy atom. The maximum atomic E-state index is 13.0. The van der Waals surface area contributed by atoms with E-state index in [0.29, 0.717) is 36.6 Å². The highest BCUT2D eigenvalue weighted by atomic mass is 32.2. The van der Waals surface area contributed by atoms with Crippen LogP contribution in [0.4, 0.5) is 5.69 Å². The molecule has 3 rings (SSSR count). The van der Waals surface area contributed by atoms with Crippen LogP contribution in [0.5, 0.6) is 11.5 Å². The molecule has 7 nitrogen and oxygen atoms in total. The Morgan fingerprint density at radius 2 is 1.76 bits per heavy atom. The van der Waals surface area contributed by atoms with Crippen LogP contribution in [0, 0.1) is 5.92 Å². The lowest BCUT2D eigenvalue weighted by atomic mass is 9.98. The normalized spacial score (nSPS) is 17.6. The second-order valence-corrected chi connectivity index (χ2v) is 8.91. The maximum absolute atomic E-state index is 13.0. The first-order valence-electron chi connectivity index (χ1n) is 9.42. The highest BCUT2D eigenvalue weighted by Crippen LogP contribution is 2.28. The molecule has 0 bridgehead atoms. The van der Waals surface area contributed by atoms with Crippen molar-refractivity contribution in [3.8, 4) is 11.5 Å². The number of rotatable bonds is 6. The first-order valence-corrected chi connectivity index (χ1v) is 10.9. The summed E-state index contributed by atoms with van der Waals surface area (Å²) in [5.41, 5.74) is 0.712. The van der Waals surface area contributed by atoms with Gasteiger partial charge >= 0.3 is 0 Å². The number of amides is 1. The molecule has 0 N–H and O–H groups in total. The van der Waals surface area contributed by atoms with Gasteiger partial charge in [0.25, 0.3) is 0 Å². The summed E-state index contributed by atoms with van der Waals surface area (Å²) < 4.78 is 37.8. The van der Waals surface area contributed by atoms with Crippen LogP contribution in [0.3, 0.4) is 0 Å². The van der Waals surface area contributed by atoms with E-state index in [1.807, 2.05) is 18.2 Å². The molecule has 1 aliphatic rings. The quantitative estimate of drug-likeness (QED) is 0.721. The molecule has 1 aliphatic heterocycles. The largest absolute Gasteiger partial charge is 0.497 e. The molecule has 1 heterocycles. The molecule has 0 saturated carbocycles. The lowest BCUT2D eigenvalue weighted by Crippen LogP contribution is -2.45. The minimum atomic E-state index is -3.67. The summed E-state index contributed by atoms with van der Waals surface area (Å²) in [5, 5.41) is 0. The SMILES string of the molecule is COc1ccc(S(=O)(=O)N2CCC[C@H](C(=O)N(C)c3cccc(OC)c3)C2)cc1. The zero-order valence-electron chi connectivity index (χ0n) is 16.9. The lowest BCUT2D eigenvalue weighted by molar-refractivity contribution is -0.123. The fraction of sp³-hybridized carbons (Fsp3) is 0.381. The van der Waals surface area contributed by atoms with E-state index < -0.39 is 15.9 Å². The number of ether oxygens (including phenoxy) is 2. The van der Waals surface area contributed by atoms with Gasteiger partial charge in [-0.2, -0.15) is 4.31 Å². The molecular formula is C21H26N2O5S. The molecule has 2 aromatic carbocycles. The van der Waals surface area contributed by atoms with Gasteiger partial charge in [-0.3, -0.25) is 4.79 Å². The summed E-state index contributed by atoms with van der Waals surface area (Å²) >= 11 is 0. The maximum Gasteiger partial charge on any atom is 0.243 e. The van der Waals surface area contributed by atoms with E-state index in [1.165, 1.54) is 23.5 Å². The first-order chi connectivity index (χ1) is 13.9. The first kappa shape index (κ1) is 21.1. The molecule has 0 aromatic heterocycles. The van der Waals surface area contributed by atoms with Gasteiger partial charge in [0, 0.05) is 31.9 Å². The number of methoxy groups -OCH3 is 2. The van der Waals surface area contributed by atoms with Crippen molar-refractivity contribution < 1.29 is 22.7 Å². The van der Waals surface area contributed by atoms with Crippen molar-refractivity contribution in [2.45, 2.75) is 17.7 Å². The predicted molar refractivity (Wildman–Crippen MR) is 111 cm³/mol. The van der Waals surface area contributed by atoms with Crippen molar-refractivity contribution in [3.63, 3.8) is 0 Å². The minimum Gasteiger partial charge on any atom is -0.497 e. The molecule has 0 unspecified atom stereocenters. The third-order valence-electron chi connectivity index (χ3n) is 5.20. The van der Waals surface area contributed by atoms with Crippen LogP contribution >= 0.6 is 0 Å².